The molecule has 9 heteroatoms. The van der Waals surface area contributed by atoms with E-state index in [1.807, 2.05) is 0 Å². The van der Waals surface area contributed by atoms with Gasteiger partial charge in [0, 0.05) is 23.5 Å². The summed E-state index contributed by atoms with van der Waals surface area (Å²) in [5, 5.41) is 0.851. The van der Waals surface area contributed by atoms with Crippen LogP contribution < -0.4 is 15.9 Å². The van der Waals surface area contributed by atoms with Crippen LogP contribution in [0.3, 0.4) is 0 Å². The number of amides is 1. The number of aromatic nitrogens is 2. The van der Waals surface area contributed by atoms with E-state index in [-0.39, 0.29) is 27.6 Å². The molecular formula is C24H19Cl2N3O4. The van der Waals surface area contributed by atoms with Gasteiger partial charge >= 0.3 is 0 Å². The van der Waals surface area contributed by atoms with E-state index >= 15 is 0 Å². The van der Waals surface area contributed by atoms with Crippen molar-refractivity contribution in [2.24, 2.45) is 5.73 Å². The second-order valence-corrected chi connectivity index (χ2v) is 8.30. The first-order chi connectivity index (χ1) is 15.7. The molecule has 3 heterocycles. The predicted molar refractivity (Wildman–Crippen MR) is 127 cm³/mol. The van der Waals surface area contributed by atoms with Crippen LogP contribution in [0.4, 0.5) is 0 Å². The zero-order chi connectivity index (χ0) is 23.9. The molecule has 0 saturated heterocycles. The number of hydrogen-bond donors (Lipinski definition) is 1. The Balaban J connectivity index is 1.94. The van der Waals surface area contributed by atoms with Gasteiger partial charge in [0.2, 0.25) is 0 Å². The third-order valence-electron chi connectivity index (χ3n) is 5.25. The Labute approximate surface area is 199 Å². The van der Waals surface area contributed by atoms with Crippen molar-refractivity contribution in [3.63, 3.8) is 0 Å². The number of carbonyl (C=O) groups is 1. The molecule has 4 aromatic rings. The van der Waals surface area contributed by atoms with Gasteiger partial charge in [-0.3, -0.25) is 14.6 Å². The number of primary amides is 1. The van der Waals surface area contributed by atoms with E-state index in [0.29, 0.717) is 38.4 Å². The maximum Gasteiger partial charge on any atom is 0.271 e. The Hall–Kier alpha value is -3.42. The first-order valence-electron chi connectivity index (χ1n) is 9.98. The molecule has 33 heavy (non-hydrogen) atoms. The molecule has 0 aliphatic heterocycles. The molecule has 0 spiro atoms. The third-order valence-corrected chi connectivity index (χ3v) is 5.97. The maximum atomic E-state index is 13.2. The van der Waals surface area contributed by atoms with Crippen molar-refractivity contribution in [2.75, 3.05) is 0 Å². The van der Waals surface area contributed by atoms with Gasteiger partial charge < -0.3 is 14.9 Å². The van der Waals surface area contributed by atoms with E-state index in [1.54, 1.807) is 51.4 Å². The summed E-state index contributed by atoms with van der Waals surface area (Å²) in [5.74, 6) is -0.270. The summed E-state index contributed by atoms with van der Waals surface area (Å²) in [4.78, 5) is 33.2. The van der Waals surface area contributed by atoms with Crippen LogP contribution in [-0.4, -0.2) is 15.9 Å². The summed E-state index contributed by atoms with van der Waals surface area (Å²) in [6.07, 6.45) is 2.52. The zero-order valence-corrected chi connectivity index (χ0v) is 19.5. The fourth-order valence-corrected chi connectivity index (χ4v) is 4.09. The molecule has 0 radical (unpaired) electrons. The molecule has 1 atom stereocenters. The van der Waals surface area contributed by atoms with Crippen molar-refractivity contribution in [3.8, 4) is 17.1 Å². The molecule has 1 aromatic carbocycles. The smallest absolute Gasteiger partial charge is 0.271 e. The Bertz CT molecular complexity index is 1450. The van der Waals surface area contributed by atoms with E-state index in [9.17, 15) is 9.59 Å². The highest BCUT2D eigenvalue weighted by molar-refractivity contribution is 6.33. The number of carbonyl (C=O) groups excluding carboxylic acids is 1. The SMILES string of the molecule is Cc1cc2c(=O)c(C)c(-c3cccnc3)oc2c(C(C)Oc2ccc(Cl)nc2C(N)=O)c1Cl. The second-order valence-electron chi connectivity index (χ2n) is 7.53. The Morgan fingerprint density at radius 2 is 1.97 bits per heavy atom. The summed E-state index contributed by atoms with van der Waals surface area (Å²) in [6, 6.07) is 8.23. The first kappa shape index (κ1) is 22.8. The summed E-state index contributed by atoms with van der Waals surface area (Å²) in [5.41, 5.74) is 7.66. The highest BCUT2D eigenvalue weighted by Crippen LogP contribution is 2.38. The van der Waals surface area contributed by atoms with E-state index < -0.39 is 12.0 Å². The number of benzene rings is 1. The fourth-order valence-electron chi connectivity index (χ4n) is 3.64. The molecule has 1 amide bonds. The largest absolute Gasteiger partial charge is 0.483 e. The minimum atomic E-state index is -0.791. The standard InChI is InChI=1S/C24H19Cl2N3O4/c1-11-9-15-21(30)12(2)22(14-5-4-8-28-10-14)33-23(15)18(19(11)26)13(3)32-16-6-7-17(25)29-20(16)24(27)31/h4-10,13H,1-3H3,(H2,27,31). The van der Waals surface area contributed by atoms with Gasteiger partial charge in [0.25, 0.3) is 5.91 Å². The fraction of sp³-hybridized carbons (Fsp3) is 0.167. The average Bonchev–Trinajstić information content (AvgIpc) is 2.79. The number of halogens is 2. The summed E-state index contributed by atoms with van der Waals surface area (Å²) in [7, 11) is 0. The highest BCUT2D eigenvalue weighted by Gasteiger charge is 2.25. The molecule has 3 aromatic heterocycles. The molecule has 0 bridgehead atoms. The topological polar surface area (TPSA) is 108 Å². The van der Waals surface area contributed by atoms with Gasteiger partial charge in [-0.05, 0) is 56.7 Å². The Morgan fingerprint density at radius 3 is 2.64 bits per heavy atom. The van der Waals surface area contributed by atoms with Crippen molar-refractivity contribution >= 4 is 40.1 Å². The monoisotopic (exact) mass is 483 g/mol. The summed E-state index contributed by atoms with van der Waals surface area (Å²) >= 11 is 12.6. The van der Waals surface area contributed by atoms with Gasteiger partial charge in [-0.2, -0.15) is 0 Å². The van der Waals surface area contributed by atoms with Gasteiger partial charge in [-0.15, -0.1) is 0 Å². The Kier molecular flexibility index (Phi) is 6.10. The number of aryl methyl sites for hydroxylation is 1. The molecule has 2 N–H and O–H groups in total. The van der Waals surface area contributed by atoms with Crippen molar-refractivity contribution in [3.05, 3.63) is 85.5 Å². The Morgan fingerprint density at radius 1 is 1.21 bits per heavy atom. The summed E-state index contributed by atoms with van der Waals surface area (Å²) < 4.78 is 12.3. The molecule has 7 nitrogen and oxygen atoms in total. The van der Waals surface area contributed by atoms with Crippen molar-refractivity contribution in [1.82, 2.24) is 9.97 Å². The number of hydrogen-bond acceptors (Lipinski definition) is 6. The summed E-state index contributed by atoms with van der Waals surface area (Å²) in [6.45, 7) is 5.22. The van der Waals surface area contributed by atoms with Gasteiger partial charge in [0.05, 0.1) is 16.0 Å². The van der Waals surface area contributed by atoms with E-state index in [2.05, 4.69) is 9.97 Å². The molecule has 168 valence electrons. The molecule has 0 saturated carbocycles. The number of pyridine rings is 2. The molecular weight excluding hydrogens is 465 g/mol. The number of nitrogens with two attached hydrogens (primary N) is 1. The molecule has 0 aliphatic carbocycles. The van der Waals surface area contributed by atoms with Crippen LogP contribution in [0.25, 0.3) is 22.3 Å². The molecule has 0 fully saturated rings. The number of rotatable bonds is 5. The quantitative estimate of drug-likeness (QED) is 0.380. The van der Waals surface area contributed by atoms with Crippen LogP contribution in [0, 0.1) is 13.8 Å². The van der Waals surface area contributed by atoms with Gasteiger partial charge in [-0.1, -0.05) is 23.2 Å². The lowest BCUT2D eigenvalue weighted by Gasteiger charge is -2.20. The van der Waals surface area contributed by atoms with Crippen LogP contribution in [0.1, 0.15) is 40.2 Å². The molecule has 0 aliphatic rings. The predicted octanol–water partition coefficient (Wildman–Crippen LogP) is 5.41. The van der Waals surface area contributed by atoms with Gasteiger partial charge in [-0.25, -0.2) is 4.98 Å². The van der Waals surface area contributed by atoms with Crippen LogP contribution in [0.15, 0.2) is 51.9 Å². The lowest BCUT2D eigenvalue weighted by molar-refractivity contribution is 0.0988. The van der Waals surface area contributed by atoms with Crippen LogP contribution >= 0.6 is 23.2 Å². The van der Waals surface area contributed by atoms with E-state index in [4.69, 9.17) is 38.1 Å². The third kappa shape index (κ3) is 4.17. The van der Waals surface area contributed by atoms with Gasteiger partial charge in [0.1, 0.15) is 22.6 Å². The number of fused-ring (bicyclic) bond motifs is 1. The lowest BCUT2D eigenvalue weighted by atomic mass is 10.00. The first-order valence-corrected chi connectivity index (χ1v) is 10.7. The zero-order valence-electron chi connectivity index (χ0n) is 18.0. The lowest BCUT2D eigenvalue weighted by Crippen LogP contribution is -2.17. The number of ether oxygens (including phenoxy) is 1. The van der Waals surface area contributed by atoms with Gasteiger partial charge in [0.15, 0.2) is 16.9 Å². The van der Waals surface area contributed by atoms with Crippen LogP contribution in [0.5, 0.6) is 5.75 Å². The van der Waals surface area contributed by atoms with Crippen LogP contribution in [0.2, 0.25) is 10.2 Å². The normalized spacial score (nSPS) is 12.0. The van der Waals surface area contributed by atoms with E-state index in [1.165, 1.54) is 12.1 Å². The minimum absolute atomic E-state index is 0.102. The van der Waals surface area contributed by atoms with E-state index in [0.717, 1.165) is 0 Å². The number of nitrogens with zero attached hydrogens (tertiary/aromatic N) is 2. The highest BCUT2D eigenvalue weighted by atomic mass is 35.5. The van der Waals surface area contributed by atoms with Crippen LogP contribution in [-0.2, 0) is 0 Å². The average molecular weight is 484 g/mol. The molecule has 1 unspecified atom stereocenters. The van der Waals surface area contributed by atoms with Crippen molar-refractivity contribution in [1.29, 1.82) is 0 Å². The minimum Gasteiger partial charge on any atom is -0.483 e. The van der Waals surface area contributed by atoms with Crippen molar-refractivity contribution in [2.45, 2.75) is 26.9 Å². The maximum absolute atomic E-state index is 13.2. The molecule has 4 rings (SSSR count). The van der Waals surface area contributed by atoms with Crippen molar-refractivity contribution < 1.29 is 13.9 Å². The second kappa shape index (κ2) is 8.84.